The molecule has 1 rings (SSSR count). The van der Waals surface area contributed by atoms with Crippen molar-refractivity contribution in [2.24, 2.45) is 0 Å². The molecule has 0 bridgehead atoms. The molecule has 1 N–H and O–H groups in total. The number of hydrogen-bond donors (Lipinski definition) is 1. The predicted octanol–water partition coefficient (Wildman–Crippen LogP) is 3.11. The molecule has 0 fully saturated rings. The molecule has 0 unspecified atom stereocenters. The van der Waals surface area contributed by atoms with Crippen LogP contribution in [0.5, 0.6) is 0 Å². The molecular weight excluding hydrogens is 250 g/mol. The molecule has 20 heavy (non-hydrogen) atoms. The number of rotatable bonds is 9. The van der Waals surface area contributed by atoms with Crippen molar-refractivity contribution < 1.29 is 9.53 Å². The van der Waals surface area contributed by atoms with Crippen molar-refractivity contribution in [1.82, 2.24) is 5.32 Å². The number of hydrogen-bond acceptors (Lipinski definition) is 2. The number of nitrogens with one attached hydrogen (secondary N) is 1. The van der Waals surface area contributed by atoms with Crippen molar-refractivity contribution in [3.8, 4) is 0 Å². The second-order valence-corrected chi connectivity index (χ2v) is 5.29. The summed E-state index contributed by atoms with van der Waals surface area (Å²) in [7, 11) is 0. The van der Waals surface area contributed by atoms with E-state index in [-0.39, 0.29) is 12.0 Å². The number of carbonyl (C=O) groups excluding carboxylic acids is 1. The normalized spacial score (nSPS) is 10.8. The molecule has 0 radical (unpaired) electrons. The third-order valence-corrected chi connectivity index (χ3v) is 3.17. The van der Waals surface area contributed by atoms with Crippen molar-refractivity contribution in [2.45, 2.75) is 52.6 Å². The summed E-state index contributed by atoms with van der Waals surface area (Å²) in [6.45, 7) is 7.58. The predicted molar refractivity (Wildman–Crippen MR) is 82.9 cm³/mol. The molecule has 112 valence electrons. The lowest BCUT2D eigenvalue weighted by Gasteiger charge is -2.08. The standard InChI is InChI=1S/C17H27NO2/c1-4-15-6-8-16(9-7-15)10-11-17(19)18-12-5-13-20-14(2)3/h6-9,14H,4-5,10-13H2,1-3H3,(H,18,19). The Kier molecular flexibility index (Phi) is 7.97. The van der Waals surface area contributed by atoms with Crippen LogP contribution in [0.15, 0.2) is 24.3 Å². The minimum Gasteiger partial charge on any atom is -0.379 e. The Labute approximate surface area is 122 Å². The van der Waals surface area contributed by atoms with Crippen LogP contribution in [0.4, 0.5) is 0 Å². The molecule has 0 saturated carbocycles. The van der Waals surface area contributed by atoms with E-state index < -0.39 is 0 Å². The maximum Gasteiger partial charge on any atom is 0.220 e. The van der Waals surface area contributed by atoms with Gasteiger partial charge in [-0.2, -0.15) is 0 Å². The molecule has 3 heteroatoms. The SMILES string of the molecule is CCc1ccc(CCC(=O)NCCCOC(C)C)cc1. The first-order valence-electron chi connectivity index (χ1n) is 7.58. The van der Waals surface area contributed by atoms with Gasteiger partial charge in [0.2, 0.25) is 5.91 Å². The van der Waals surface area contributed by atoms with E-state index in [0.717, 1.165) is 19.3 Å². The van der Waals surface area contributed by atoms with Crippen LogP contribution in [0.25, 0.3) is 0 Å². The van der Waals surface area contributed by atoms with E-state index in [0.29, 0.717) is 19.6 Å². The van der Waals surface area contributed by atoms with E-state index in [1.807, 2.05) is 13.8 Å². The minimum atomic E-state index is 0.120. The van der Waals surface area contributed by atoms with Gasteiger partial charge >= 0.3 is 0 Å². The average Bonchev–Trinajstić information content (AvgIpc) is 2.45. The van der Waals surface area contributed by atoms with Crippen molar-refractivity contribution >= 4 is 5.91 Å². The van der Waals surface area contributed by atoms with E-state index in [1.54, 1.807) is 0 Å². The molecule has 0 aliphatic carbocycles. The molecule has 1 aromatic carbocycles. The highest BCUT2D eigenvalue weighted by molar-refractivity contribution is 5.76. The first-order valence-corrected chi connectivity index (χ1v) is 7.58. The molecule has 0 aliphatic heterocycles. The molecule has 0 aliphatic rings. The Morgan fingerprint density at radius 3 is 2.45 bits per heavy atom. The molecule has 0 saturated heterocycles. The summed E-state index contributed by atoms with van der Waals surface area (Å²) in [5, 5.41) is 2.93. The zero-order valence-corrected chi connectivity index (χ0v) is 12.9. The fourth-order valence-corrected chi connectivity index (χ4v) is 1.91. The van der Waals surface area contributed by atoms with Gasteiger partial charge in [-0.15, -0.1) is 0 Å². The number of carbonyl (C=O) groups is 1. The van der Waals surface area contributed by atoms with Crippen molar-refractivity contribution in [1.29, 1.82) is 0 Å². The summed E-state index contributed by atoms with van der Waals surface area (Å²) in [5.41, 5.74) is 2.56. The number of aryl methyl sites for hydroxylation is 2. The smallest absolute Gasteiger partial charge is 0.220 e. The van der Waals surface area contributed by atoms with Crippen LogP contribution in [0.2, 0.25) is 0 Å². The van der Waals surface area contributed by atoms with Crippen LogP contribution >= 0.6 is 0 Å². The molecule has 1 amide bonds. The van der Waals surface area contributed by atoms with Gasteiger partial charge in [0.1, 0.15) is 0 Å². The maximum atomic E-state index is 11.7. The summed E-state index contributed by atoms with van der Waals surface area (Å²) in [6, 6.07) is 8.50. The van der Waals surface area contributed by atoms with Gasteiger partial charge in [-0.25, -0.2) is 0 Å². The minimum absolute atomic E-state index is 0.120. The van der Waals surface area contributed by atoms with Gasteiger partial charge in [0.15, 0.2) is 0 Å². The van der Waals surface area contributed by atoms with Gasteiger partial charge in [0.25, 0.3) is 0 Å². The second kappa shape index (κ2) is 9.54. The number of amides is 1. The lowest BCUT2D eigenvalue weighted by Crippen LogP contribution is -2.25. The van der Waals surface area contributed by atoms with E-state index in [1.165, 1.54) is 11.1 Å². The summed E-state index contributed by atoms with van der Waals surface area (Å²) in [4.78, 5) is 11.7. The largest absolute Gasteiger partial charge is 0.379 e. The Morgan fingerprint density at radius 2 is 1.85 bits per heavy atom. The first-order chi connectivity index (χ1) is 9.61. The first kappa shape index (κ1) is 16.7. The molecule has 0 spiro atoms. The second-order valence-electron chi connectivity index (χ2n) is 5.29. The number of benzene rings is 1. The lowest BCUT2D eigenvalue weighted by atomic mass is 10.1. The van der Waals surface area contributed by atoms with Crippen molar-refractivity contribution in [3.05, 3.63) is 35.4 Å². The quantitative estimate of drug-likeness (QED) is 0.704. The third kappa shape index (κ3) is 7.29. The van der Waals surface area contributed by atoms with Crippen LogP contribution in [0, 0.1) is 0 Å². The third-order valence-electron chi connectivity index (χ3n) is 3.17. The molecule has 0 atom stereocenters. The average molecular weight is 277 g/mol. The van der Waals surface area contributed by atoms with Gasteiger partial charge in [0, 0.05) is 19.6 Å². The van der Waals surface area contributed by atoms with Crippen molar-refractivity contribution in [3.63, 3.8) is 0 Å². The van der Waals surface area contributed by atoms with E-state index >= 15 is 0 Å². The zero-order valence-electron chi connectivity index (χ0n) is 12.9. The molecular formula is C17H27NO2. The fraction of sp³-hybridized carbons (Fsp3) is 0.588. The molecule has 1 aromatic rings. The Morgan fingerprint density at radius 1 is 1.20 bits per heavy atom. The summed E-state index contributed by atoms with van der Waals surface area (Å²) in [5.74, 6) is 0.120. The molecule has 0 heterocycles. The zero-order chi connectivity index (χ0) is 14.8. The van der Waals surface area contributed by atoms with Crippen LogP contribution in [0.1, 0.15) is 44.7 Å². The summed E-state index contributed by atoms with van der Waals surface area (Å²) >= 11 is 0. The van der Waals surface area contributed by atoms with E-state index in [4.69, 9.17) is 4.74 Å². The molecule has 3 nitrogen and oxygen atoms in total. The van der Waals surface area contributed by atoms with Crippen LogP contribution in [-0.2, 0) is 22.4 Å². The van der Waals surface area contributed by atoms with Crippen LogP contribution in [-0.4, -0.2) is 25.2 Å². The summed E-state index contributed by atoms with van der Waals surface area (Å²) in [6.07, 6.45) is 3.54. The van der Waals surface area contributed by atoms with Gasteiger partial charge in [-0.1, -0.05) is 31.2 Å². The Balaban J connectivity index is 2.13. The van der Waals surface area contributed by atoms with E-state index in [2.05, 4.69) is 36.5 Å². The lowest BCUT2D eigenvalue weighted by molar-refractivity contribution is -0.121. The fourth-order valence-electron chi connectivity index (χ4n) is 1.91. The van der Waals surface area contributed by atoms with Crippen molar-refractivity contribution in [2.75, 3.05) is 13.2 Å². The van der Waals surface area contributed by atoms with Gasteiger partial charge in [-0.05, 0) is 44.2 Å². The van der Waals surface area contributed by atoms with Gasteiger partial charge in [0.05, 0.1) is 6.10 Å². The number of ether oxygens (including phenoxy) is 1. The highest BCUT2D eigenvalue weighted by Gasteiger charge is 2.02. The Hall–Kier alpha value is -1.35. The molecule has 0 aromatic heterocycles. The highest BCUT2D eigenvalue weighted by Crippen LogP contribution is 2.07. The van der Waals surface area contributed by atoms with Crippen LogP contribution < -0.4 is 5.32 Å². The van der Waals surface area contributed by atoms with Crippen LogP contribution in [0.3, 0.4) is 0 Å². The maximum absolute atomic E-state index is 11.7. The van der Waals surface area contributed by atoms with Gasteiger partial charge in [-0.3, -0.25) is 4.79 Å². The Bertz CT molecular complexity index is 384. The monoisotopic (exact) mass is 277 g/mol. The van der Waals surface area contributed by atoms with E-state index in [9.17, 15) is 4.79 Å². The topological polar surface area (TPSA) is 38.3 Å². The highest BCUT2D eigenvalue weighted by atomic mass is 16.5. The van der Waals surface area contributed by atoms with Gasteiger partial charge < -0.3 is 10.1 Å². The summed E-state index contributed by atoms with van der Waals surface area (Å²) < 4.78 is 5.42.